The number of thioether (sulfide) groups is 1. The summed E-state index contributed by atoms with van der Waals surface area (Å²) in [5.74, 6) is 6.78. The van der Waals surface area contributed by atoms with Crippen molar-refractivity contribution in [3.05, 3.63) is 71.8 Å². The highest BCUT2D eigenvalue weighted by Gasteiger charge is 2.27. The summed E-state index contributed by atoms with van der Waals surface area (Å²) in [5.41, 5.74) is 0.732. The zero-order valence-corrected chi connectivity index (χ0v) is 18.6. The van der Waals surface area contributed by atoms with Crippen LogP contribution in [0, 0.1) is 5.82 Å². The quantitative estimate of drug-likeness (QED) is 0.423. The van der Waals surface area contributed by atoms with Crippen molar-refractivity contribution in [2.75, 3.05) is 11.6 Å². The number of nitrogens with two attached hydrogens (primary N) is 1. The highest BCUT2D eigenvalue weighted by atomic mass is 32.2. The monoisotopic (exact) mass is 443 g/mol. The minimum absolute atomic E-state index is 0.0199. The summed E-state index contributed by atoms with van der Waals surface area (Å²) < 4.78 is 19.9. The maximum atomic E-state index is 13.0. The number of amides is 1. The van der Waals surface area contributed by atoms with Crippen molar-refractivity contribution in [1.82, 2.24) is 19.8 Å². The van der Waals surface area contributed by atoms with Gasteiger partial charge in [0.05, 0.1) is 5.75 Å². The Morgan fingerprint density at radius 2 is 1.81 bits per heavy atom. The third kappa shape index (κ3) is 6.21. The largest absolute Gasteiger partial charge is 0.486 e. The van der Waals surface area contributed by atoms with Gasteiger partial charge in [-0.25, -0.2) is 9.07 Å². The molecular formula is C22H26FN5O2S. The molecule has 0 saturated heterocycles. The number of nitrogens with zero attached hydrogens (tertiary/aromatic N) is 4. The molecule has 0 aliphatic heterocycles. The van der Waals surface area contributed by atoms with Crippen LogP contribution in [0.3, 0.4) is 0 Å². The van der Waals surface area contributed by atoms with Gasteiger partial charge < -0.3 is 15.5 Å². The Balaban J connectivity index is 1.60. The number of halogens is 1. The zero-order valence-electron chi connectivity index (χ0n) is 17.8. The van der Waals surface area contributed by atoms with E-state index in [1.54, 1.807) is 0 Å². The molecule has 2 N–H and O–H groups in total. The summed E-state index contributed by atoms with van der Waals surface area (Å²) in [6.45, 7) is 6.63. The Morgan fingerprint density at radius 1 is 1.13 bits per heavy atom. The second-order valence-electron chi connectivity index (χ2n) is 7.94. The van der Waals surface area contributed by atoms with Crippen molar-refractivity contribution < 1.29 is 13.9 Å². The second-order valence-corrected chi connectivity index (χ2v) is 8.88. The molecule has 0 unspecified atom stereocenters. The van der Waals surface area contributed by atoms with Gasteiger partial charge in [-0.15, -0.1) is 10.2 Å². The van der Waals surface area contributed by atoms with Gasteiger partial charge in [0.1, 0.15) is 18.2 Å². The van der Waals surface area contributed by atoms with Crippen molar-refractivity contribution in [3.8, 4) is 5.75 Å². The van der Waals surface area contributed by atoms with Crippen LogP contribution >= 0.6 is 11.8 Å². The molecule has 3 rings (SSSR count). The van der Waals surface area contributed by atoms with Gasteiger partial charge in [0.25, 0.3) is 0 Å². The molecular weight excluding hydrogens is 417 g/mol. The maximum Gasteiger partial charge on any atom is 0.233 e. The number of benzene rings is 2. The molecule has 9 heteroatoms. The van der Waals surface area contributed by atoms with Gasteiger partial charge in [0.15, 0.2) is 5.82 Å². The molecule has 3 aromatic rings. The topological polar surface area (TPSA) is 86.3 Å². The zero-order chi connectivity index (χ0) is 22.4. The summed E-state index contributed by atoms with van der Waals surface area (Å²) in [6, 6.07) is 15.5. The van der Waals surface area contributed by atoms with Crippen LogP contribution < -0.4 is 10.6 Å². The highest BCUT2D eigenvalue weighted by Crippen LogP contribution is 2.22. The number of rotatable bonds is 8. The highest BCUT2D eigenvalue weighted by molar-refractivity contribution is 7.99. The predicted molar refractivity (Wildman–Crippen MR) is 118 cm³/mol. The number of carbonyl (C=O) groups is 1. The molecule has 0 aliphatic carbocycles. The summed E-state index contributed by atoms with van der Waals surface area (Å²) >= 11 is 1.22. The van der Waals surface area contributed by atoms with Gasteiger partial charge >= 0.3 is 0 Å². The summed E-state index contributed by atoms with van der Waals surface area (Å²) in [7, 11) is 0. The van der Waals surface area contributed by atoms with Gasteiger partial charge in [-0.1, -0.05) is 42.1 Å². The van der Waals surface area contributed by atoms with Crippen molar-refractivity contribution in [3.63, 3.8) is 0 Å². The van der Waals surface area contributed by atoms with Crippen molar-refractivity contribution in [2.45, 2.75) is 44.6 Å². The van der Waals surface area contributed by atoms with Crippen LogP contribution in [0.15, 0.2) is 59.8 Å². The van der Waals surface area contributed by atoms with Crippen molar-refractivity contribution in [2.24, 2.45) is 0 Å². The fourth-order valence-electron chi connectivity index (χ4n) is 2.85. The van der Waals surface area contributed by atoms with Gasteiger partial charge in [-0.2, -0.15) is 0 Å². The third-order valence-electron chi connectivity index (χ3n) is 4.54. The first-order chi connectivity index (χ1) is 14.7. The van der Waals surface area contributed by atoms with E-state index >= 15 is 0 Å². The van der Waals surface area contributed by atoms with E-state index in [2.05, 4.69) is 10.2 Å². The lowest BCUT2D eigenvalue weighted by atomic mass is 10.0. The molecule has 0 atom stereocenters. The Morgan fingerprint density at radius 3 is 2.45 bits per heavy atom. The Kier molecular flexibility index (Phi) is 7.17. The van der Waals surface area contributed by atoms with E-state index in [1.807, 2.05) is 56.0 Å². The summed E-state index contributed by atoms with van der Waals surface area (Å²) in [5, 5.41) is 8.51. The van der Waals surface area contributed by atoms with Gasteiger partial charge in [-0.3, -0.25) is 4.79 Å². The normalized spacial score (nSPS) is 11.4. The van der Waals surface area contributed by atoms with Gasteiger partial charge in [0.2, 0.25) is 11.1 Å². The first-order valence-corrected chi connectivity index (χ1v) is 10.8. The SMILES string of the molecule is CC(C)(C)N(Cc1ccccc1)C(=O)CSc1nnc(COc2ccc(F)cc2)n1N. The molecule has 1 amide bonds. The fourth-order valence-corrected chi connectivity index (χ4v) is 3.60. The molecule has 1 aromatic heterocycles. The predicted octanol–water partition coefficient (Wildman–Crippen LogP) is 3.63. The Bertz CT molecular complexity index is 1000. The smallest absolute Gasteiger partial charge is 0.233 e. The van der Waals surface area contributed by atoms with Crippen LogP contribution in [0.1, 0.15) is 32.2 Å². The minimum atomic E-state index is -0.339. The van der Waals surface area contributed by atoms with E-state index in [0.717, 1.165) is 5.56 Å². The number of aromatic nitrogens is 3. The molecule has 31 heavy (non-hydrogen) atoms. The molecule has 1 heterocycles. The van der Waals surface area contributed by atoms with E-state index in [4.69, 9.17) is 10.6 Å². The maximum absolute atomic E-state index is 13.0. The molecule has 7 nitrogen and oxygen atoms in total. The van der Waals surface area contributed by atoms with E-state index in [0.29, 0.717) is 23.3 Å². The molecule has 0 fully saturated rings. The molecule has 164 valence electrons. The molecule has 0 spiro atoms. The van der Waals surface area contributed by atoms with Crippen LogP contribution in [-0.2, 0) is 17.9 Å². The standard InChI is InChI=1S/C22H26FN5O2S/c1-22(2,3)27(13-16-7-5-4-6-8-16)20(29)15-31-21-26-25-19(28(21)24)14-30-18-11-9-17(23)10-12-18/h4-12H,13-15,24H2,1-3H3. The van der Waals surface area contributed by atoms with Gasteiger partial charge in [0, 0.05) is 12.1 Å². The summed E-state index contributed by atoms with van der Waals surface area (Å²) in [6.07, 6.45) is 0. The number of carbonyl (C=O) groups excluding carboxylic acids is 1. The lowest BCUT2D eigenvalue weighted by molar-refractivity contribution is -0.133. The second kappa shape index (κ2) is 9.82. The fraction of sp³-hybridized carbons (Fsp3) is 0.318. The lowest BCUT2D eigenvalue weighted by Crippen LogP contribution is -2.46. The average molecular weight is 444 g/mol. The number of ether oxygens (including phenoxy) is 1. The molecule has 2 aromatic carbocycles. The van der Waals surface area contributed by atoms with Crippen molar-refractivity contribution in [1.29, 1.82) is 0 Å². The third-order valence-corrected chi connectivity index (χ3v) is 5.46. The van der Waals surface area contributed by atoms with Gasteiger partial charge in [-0.05, 0) is 50.6 Å². The first kappa shape index (κ1) is 22.6. The van der Waals surface area contributed by atoms with Crippen LogP contribution in [0.4, 0.5) is 4.39 Å². The molecule has 0 radical (unpaired) electrons. The first-order valence-electron chi connectivity index (χ1n) is 9.79. The van der Waals surface area contributed by atoms with E-state index in [-0.39, 0.29) is 29.6 Å². The van der Waals surface area contributed by atoms with Crippen molar-refractivity contribution >= 4 is 17.7 Å². The number of hydrogen-bond acceptors (Lipinski definition) is 6. The molecule has 0 saturated carbocycles. The van der Waals surface area contributed by atoms with Crippen LogP contribution in [0.5, 0.6) is 5.75 Å². The van der Waals surface area contributed by atoms with E-state index in [1.165, 1.54) is 40.7 Å². The van der Waals surface area contributed by atoms with Crippen LogP contribution in [-0.4, -0.2) is 37.0 Å². The molecule has 0 bridgehead atoms. The number of hydrogen-bond donors (Lipinski definition) is 1. The van der Waals surface area contributed by atoms with Crippen LogP contribution in [0.25, 0.3) is 0 Å². The van der Waals surface area contributed by atoms with Crippen LogP contribution in [0.2, 0.25) is 0 Å². The van der Waals surface area contributed by atoms with E-state index < -0.39 is 0 Å². The Hall–Kier alpha value is -3.07. The minimum Gasteiger partial charge on any atom is -0.486 e. The Labute approximate surface area is 185 Å². The molecule has 0 aliphatic rings. The summed E-state index contributed by atoms with van der Waals surface area (Å²) in [4.78, 5) is 14.8. The average Bonchev–Trinajstić information content (AvgIpc) is 3.09. The van der Waals surface area contributed by atoms with E-state index in [9.17, 15) is 9.18 Å². The number of nitrogen functional groups attached to an aromatic ring is 1. The lowest BCUT2D eigenvalue weighted by Gasteiger charge is -2.36.